The number of piperidine rings is 1. The predicted molar refractivity (Wildman–Crippen MR) is 107 cm³/mol. The fourth-order valence-corrected chi connectivity index (χ4v) is 3.67. The first-order chi connectivity index (χ1) is 13.0. The lowest BCUT2D eigenvalue weighted by molar-refractivity contribution is -0.136. The van der Waals surface area contributed by atoms with Gasteiger partial charge in [0.25, 0.3) is 5.91 Å². The molecule has 0 aromatic heterocycles. The van der Waals surface area contributed by atoms with Gasteiger partial charge in [0.1, 0.15) is 0 Å². The summed E-state index contributed by atoms with van der Waals surface area (Å²) in [5, 5.41) is 0. The number of amides is 2. The van der Waals surface area contributed by atoms with Crippen LogP contribution >= 0.6 is 0 Å². The number of carbonyl (C=O) groups excluding carboxylic acids is 2. The first kappa shape index (κ1) is 19.2. The van der Waals surface area contributed by atoms with E-state index in [-0.39, 0.29) is 17.7 Å². The highest BCUT2D eigenvalue weighted by Crippen LogP contribution is 2.22. The SMILES string of the molecule is Cc1ccc(C(=O)N2CCCC(C(=O)N(C)Cc3ccccc3C)C2)cc1. The minimum Gasteiger partial charge on any atom is -0.341 e. The lowest BCUT2D eigenvalue weighted by atomic mass is 9.95. The van der Waals surface area contributed by atoms with Crippen LogP contribution < -0.4 is 0 Å². The Morgan fingerprint density at radius 1 is 1.07 bits per heavy atom. The maximum atomic E-state index is 13.0. The van der Waals surface area contributed by atoms with Crippen LogP contribution in [0.15, 0.2) is 48.5 Å². The van der Waals surface area contributed by atoms with Crippen LogP contribution in [0.1, 0.15) is 39.9 Å². The van der Waals surface area contributed by atoms with E-state index in [4.69, 9.17) is 0 Å². The van der Waals surface area contributed by atoms with Crippen LogP contribution in [0.3, 0.4) is 0 Å². The summed E-state index contributed by atoms with van der Waals surface area (Å²) in [6.45, 7) is 5.90. The predicted octanol–water partition coefficient (Wildman–Crippen LogP) is 3.81. The molecule has 27 heavy (non-hydrogen) atoms. The zero-order chi connectivity index (χ0) is 19.4. The van der Waals surface area contributed by atoms with Gasteiger partial charge in [-0.1, -0.05) is 42.0 Å². The fraction of sp³-hybridized carbons (Fsp3) is 0.391. The van der Waals surface area contributed by atoms with Gasteiger partial charge in [-0.15, -0.1) is 0 Å². The summed E-state index contributed by atoms with van der Waals surface area (Å²) < 4.78 is 0. The molecule has 1 fully saturated rings. The van der Waals surface area contributed by atoms with E-state index in [1.54, 1.807) is 4.90 Å². The molecule has 1 heterocycles. The Morgan fingerprint density at radius 2 is 1.78 bits per heavy atom. The van der Waals surface area contributed by atoms with E-state index < -0.39 is 0 Å². The zero-order valence-electron chi connectivity index (χ0n) is 16.4. The quantitative estimate of drug-likeness (QED) is 0.828. The summed E-state index contributed by atoms with van der Waals surface area (Å²) in [6.07, 6.45) is 1.71. The van der Waals surface area contributed by atoms with E-state index in [0.29, 0.717) is 18.7 Å². The van der Waals surface area contributed by atoms with Gasteiger partial charge >= 0.3 is 0 Å². The molecule has 142 valence electrons. The number of rotatable bonds is 4. The van der Waals surface area contributed by atoms with Crippen molar-refractivity contribution in [1.29, 1.82) is 0 Å². The number of carbonyl (C=O) groups is 2. The Bertz CT molecular complexity index is 813. The number of aryl methyl sites for hydroxylation is 2. The van der Waals surface area contributed by atoms with E-state index >= 15 is 0 Å². The lowest BCUT2D eigenvalue weighted by Crippen LogP contribution is -2.45. The van der Waals surface area contributed by atoms with E-state index in [2.05, 4.69) is 19.1 Å². The molecule has 1 saturated heterocycles. The molecule has 4 heteroatoms. The fourth-order valence-electron chi connectivity index (χ4n) is 3.67. The molecule has 1 aliphatic rings. The molecule has 1 aliphatic heterocycles. The van der Waals surface area contributed by atoms with Gasteiger partial charge in [0.2, 0.25) is 5.91 Å². The van der Waals surface area contributed by atoms with Crippen molar-refractivity contribution in [2.75, 3.05) is 20.1 Å². The van der Waals surface area contributed by atoms with Crippen LogP contribution in [0.4, 0.5) is 0 Å². The minimum absolute atomic E-state index is 0.0223. The molecular weight excluding hydrogens is 336 g/mol. The highest BCUT2D eigenvalue weighted by Gasteiger charge is 2.30. The second kappa shape index (κ2) is 8.38. The van der Waals surface area contributed by atoms with E-state index in [0.717, 1.165) is 30.5 Å². The second-order valence-corrected chi connectivity index (χ2v) is 7.58. The summed E-state index contributed by atoms with van der Waals surface area (Å²) in [7, 11) is 1.86. The molecule has 0 radical (unpaired) electrons. The van der Waals surface area contributed by atoms with Gasteiger partial charge in [-0.05, 0) is 49.9 Å². The van der Waals surface area contributed by atoms with Gasteiger partial charge < -0.3 is 9.80 Å². The van der Waals surface area contributed by atoms with Gasteiger partial charge in [0.05, 0.1) is 5.92 Å². The van der Waals surface area contributed by atoms with Gasteiger partial charge in [0.15, 0.2) is 0 Å². The molecule has 3 rings (SSSR count). The Labute approximate surface area is 161 Å². The highest BCUT2D eigenvalue weighted by atomic mass is 16.2. The van der Waals surface area contributed by atoms with Crippen LogP contribution in [-0.2, 0) is 11.3 Å². The lowest BCUT2D eigenvalue weighted by Gasteiger charge is -2.34. The molecule has 2 amide bonds. The molecule has 1 unspecified atom stereocenters. The topological polar surface area (TPSA) is 40.6 Å². The van der Waals surface area contributed by atoms with Gasteiger partial charge in [0, 0.05) is 32.2 Å². The molecule has 0 bridgehead atoms. The third kappa shape index (κ3) is 4.57. The van der Waals surface area contributed by atoms with Crippen LogP contribution in [0.2, 0.25) is 0 Å². The van der Waals surface area contributed by atoms with Gasteiger partial charge in [-0.3, -0.25) is 9.59 Å². The standard InChI is InChI=1S/C23H28N2O2/c1-17-10-12-19(13-11-17)23(27)25-14-6-9-21(16-25)22(26)24(3)15-20-8-5-4-7-18(20)2/h4-5,7-8,10-13,21H,6,9,14-16H2,1-3H3. The number of benzene rings is 2. The van der Waals surface area contributed by atoms with Crippen LogP contribution in [0.5, 0.6) is 0 Å². The van der Waals surface area contributed by atoms with Crippen molar-refractivity contribution in [3.05, 3.63) is 70.8 Å². The monoisotopic (exact) mass is 364 g/mol. The third-order valence-electron chi connectivity index (χ3n) is 5.40. The Kier molecular flexibility index (Phi) is 5.94. The normalized spacial score (nSPS) is 16.9. The molecular formula is C23H28N2O2. The molecule has 4 nitrogen and oxygen atoms in total. The summed E-state index contributed by atoms with van der Waals surface area (Å²) in [5.74, 6) is 0.0240. The van der Waals surface area contributed by atoms with Gasteiger partial charge in [-0.2, -0.15) is 0 Å². The average Bonchev–Trinajstić information content (AvgIpc) is 2.69. The molecule has 2 aromatic rings. The van der Waals surface area contributed by atoms with Gasteiger partial charge in [-0.25, -0.2) is 0 Å². The number of hydrogen-bond donors (Lipinski definition) is 0. The Balaban J connectivity index is 1.64. The number of hydrogen-bond acceptors (Lipinski definition) is 2. The number of likely N-dealkylation sites (tertiary alicyclic amines) is 1. The van der Waals surface area contributed by atoms with Crippen LogP contribution in [0.25, 0.3) is 0 Å². The smallest absolute Gasteiger partial charge is 0.253 e. The van der Waals surface area contributed by atoms with Crippen molar-refractivity contribution >= 4 is 11.8 Å². The maximum Gasteiger partial charge on any atom is 0.253 e. The molecule has 2 aromatic carbocycles. The summed E-state index contributed by atoms with van der Waals surface area (Å²) in [6, 6.07) is 15.8. The molecule has 0 N–H and O–H groups in total. The van der Waals surface area contributed by atoms with E-state index in [1.165, 1.54) is 5.56 Å². The second-order valence-electron chi connectivity index (χ2n) is 7.58. The summed E-state index contributed by atoms with van der Waals surface area (Å²) in [4.78, 5) is 29.4. The largest absolute Gasteiger partial charge is 0.341 e. The Hall–Kier alpha value is -2.62. The average molecular weight is 364 g/mol. The van der Waals surface area contributed by atoms with E-state index in [1.807, 2.05) is 55.3 Å². The zero-order valence-corrected chi connectivity index (χ0v) is 16.4. The summed E-state index contributed by atoms with van der Waals surface area (Å²) >= 11 is 0. The number of nitrogens with zero attached hydrogens (tertiary/aromatic N) is 2. The highest BCUT2D eigenvalue weighted by molar-refractivity contribution is 5.94. The van der Waals surface area contributed by atoms with Crippen molar-refractivity contribution in [1.82, 2.24) is 9.80 Å². The van der Waals surface area contributed by atoms with Crippen molar-refractivity contribution < 1.29 is 9.59 Å². The van der Waals surface area contributed by atoms with E-state index in [9.17, 15) is 9.59 Å². The third-order valence-corrected chi connectivity index (χ3v) is 5.40. The van der Waals surface area contributed by atoms with Crippen LogP contribution in [0, 0.1) is 19.8 Å². The van der Waals surface area contributed by atoms with Crippen LogP contribution in [-0.4, -0.2) is 41.8 Å². The van der Waals surface area contributed by atoms with Crippen molar-refractivity contribution in [2.24, 2.45) is 5.92 Å². The first-order valence-corrected chi connectivity index (χ1v) is 9.61. The maximum absolute atomic E-state index is 13.0. The molecule has 0 spiro atoms. The van der Waals surface area contributed by atoms with Crippen molar-refractivity contribution in [2.45, 2.75) is 33.2 Å². The van der Waals surface area contributed by atoms with Crippen molar-refractivity contribution in [3.8, 4) is 0 Å². The molecule has 0 saturated carbocycles. The van der Waals surface area contributed by atoms with Crippen molar-refractivity contribution in [3.63, 3.8) is 0 Å². The first-order valence-electron chi connectivity index (χ1n) is 9.61. The molecule has 0 aliphatic carbocycles. The summed E-state index contributed by atoms with van der Waals surface area (Å²) in [5.41, 5.74) is 4.19. The molecule has 1 atom stereocenters. The Morgan fingerprint density at radius 3 is 2.48 bits per heavy atom. The minimum atomic E-state index is -0.123.